The molecule has 0 bridgehead atoms. The fraction of sp³-hybridized carbons (Fsp3) is 0.286. The number of carbonyl (C=O) groups excluding carboxylic acids is 1. The van der Waals surface area contributed by atoms with Gasteiger partial charge in [-0.05, 0) is 42.3 Å². The third-order valence-electron chi connectivity index (χ3n) is 4.85. The first-order valence-electron chi connectivity index (χ1n) is 9.45. The molecule has 1 aliphatic rings. The van der Waals surface area contributed by atoms with Crippen molar-refractivity contribution in [2.75, 3.05) is 31.1 Å². The quantitative estimate of drug-likeness (QED) is 0.620. The lowest BCUT2D eigenvalue weighted by Gasteiger charge is -2.21. The highest BCUT2D eigenvalue weighted by Crippen LogP contribution is 2.24. The van der Waals surface area contributed by atoms with Gasteiger partial charge >= 0.3 is 0 Å². The van der Waals surface area contributed by atoms with Crippen LogP contribution in [-0.4, -0.2) is 47.2 Å². The molecule has 1 saturated heterocycles. The van der Waals surface area contributed by atoms with E-state index in [1.54, 1.807) is 47.7 Å². The van der Waals surface area contributed by atoms with Gasteiger partial charge in [0.1, 0.15) is 10.8 Å². The van der Waals surface area contributed by atoms with Crippen LogP contribution in [0, 0.1) is 5.82 Å². The van der Waals surface area contributed by atoms with Crippen LogP contribution in [-0.2, 0) is 6.42 Å². The zero-order valence-corrected chi connectivity index (χ0v) is 17.3. The molecule has 1 aromatic heterocycles. The minimum absolute atomic E-state index is 0.00335. The van der Waals surface area contributed by atoms with Crippen molar-refractivity contribution in [1.29, 1.82) is 0 Å². The lowest BCUT2D eigenvalue weighted by Crippen LogP contribution is -2.35. The summed E-state index contributed by atoms with van der Waals surface area (Å²) in [6.07, 6.45) is 1.49. The number of benzene rings is 2. The van der Waals surface area contributed by atoms with E-state index in [0.717, 1.165) is 28.7 Å². The molecule has 1 fully saturated rings. The van der Waals surface area contributed by atoms with E-state index in [1.807, 2.05) is 4.90 Å². The average molecular weight is 431 g/mol. The highest BCUT2D eigenvalue weighted by atomic mass is 35.5. The van der Waals surface area contributed by atoms with E-state index in [0.29, 0.717) is 36.6 Å². The van der Waals surface area contributed by atoms with Crippen LogP contribution < -0.4 is 4.90 Å². The lowest BCUT2D eigenvalue weighted by molar-refractivity contribution is 0.0767. The summed E-state index contributed by atoms with van der Waals surface area (Å²) >= 11 is 7.56. The summed E-state index contributed by atoms with van der Waals surface area (Å²) in [7, 11) is 0. The molecule has 2 aromatic carbocycles. The van der Waals surface area contributed by atoms with Gasteiger partial charge in [0.25, 0.3) is 5.91 Å². The number of anilines is 1. The molecule has 0 radical (unpaired) electrons. The van der Waals surface area contributed by atoms with Crippen LogP contribution in [0.4, 0.5) is 9.52 Å². The monoisotopic (exact) mass is 430 g/mol. The van der Waals surface area contributed by atoms with Crippen LogP contribution in [0.3, 0.4) is 0 Å². The van der Waals surface area contributed by atoms with Crippen molar-refractivity contribution >= 4 is 34.0 Å². The summed E-state index contributed by atoms with van der Waals surface area (Å²) in [4.78, 5) is 16.8. The predicted molar refractivity (Wildman–Crippen MR) is 113 cm³/mol. The van der Waals surface area contributed by atoms with Gasteiger partial charge < -0.3 is 9.80 Å². The molecule has 4 rings (SSSR count). The number of aromatic nitrogens is 2. The van der Waals surface area contributed by atoms with E-state index in [4.69, 9.17) is 11.6 Å². The summed E-state index contributed by atoms with van der Waals surface area (Å²) in [5, 5.41) is 10.9. The van der Waals surface area contributed by atoms with E-state index >= 15 is 0 Å². The first-order chi connectivity index (χ1) is 14.1. The Kier molecular flexibility index (Phi) is 6.06. The van der Waals surface area contributed by atoms with Crippen LogP contribution in [0.5, 0.6) is 0 Å². The Morgan fingerprint density at radius 2 is 1.90 bits per heavy atom. The molecule has 2 heterocycles. The Bertz CT molecular complexity index is 994. The van der Waals surface area contributed by atoms with Gasteiger partial charge in [0.2, 0.25) is 5.13 Å². The molecule has 8 heteroatoms. The number of rotatable bonds is 4. The fourth-order valence-corrected chi connectivity index (χ4v) is 4.45. The summed E-state index contributed by atoms with van der Waals surface area (Å²) in [5.74, 6) is -0.239. The molecule has 0 saturated carbocycles. The maximum atomic E-state index is 13.1. The Hall–Kier alpha value is -2.51. The smallest absolute Gasteiger partial charge is 0.253 e. The van der Waals surface area contributed by atoms with E-state index in [9.17, 15) is 9.18 Å². The average Bonchev–Trinajstić information content (AvgIpc) is 3.04. The van der Waals surface area contributed by atoms with E-state index in [1.165, 1.54) is 12.1 Å². The highest BCUT2D eigenvalue weighted by molar-refractivity contribution is 7.15. The van der Waals surface area contributed by atoms with E-state index in [-0.39, 0.29) is 11.7 Å². The Labute approximate surface area is 177 Å². The van der Waals surface area contributed by atoms with Gasteiger partial charge in [-0.15, -0.1) is 10.2 Å². The van der Waals surface area contributed by atoms with Gasteiger partial charge in [-0.25, -0.2) is 4.39 Å². The Morgan fingerprint density at radius 1 is 1.07 bits per heavy atom. The predicted octanol–water partition coefficient (Wildman–Crippen LogP) is 4.27. The second-order valence-corrected chi connectivity index (χ2v) is 8.40. The number of carbonyl (C=O) groups is 1. The summed E-state index contributed by atoms with van der Waals surface area (Å²) in [6, 6.07) is 13.5. The van der Waals surface area contributed by atoms with Crippen LogP contribution in [0.15, 0.2) is 48.5 Å². The molecule has 1 aliphatic heterocycles. The molecule has 0 unspecified atom stereocenters. The summed E-state index contributed by atoms with van der Waals surface area (Å²) in [5.41, 5.74) is 1.62. The van der Waals surface area contributed by atoms with Crippen molar-refractivity contribution in [3.63, 3.8) is 0 Å². The molecule has 5 nitrogen and oxygen atoms in total. The van der Waals surface area contributed by atoms with Gasteiger partial charge in [-0.3, -0.25) is 4.79 Å². The lowest BCUT2D eigenvalue weighted by atomic mass is 10.2. The Balaban J connectivity index is 1.39. The number of hydrogen-bond donors (Lipinski definition) is 0. The third-order valence-corrected chi connectivity index (χ3v) is 6.07. The van der Waals surface area contributed by atoms with Crippen LogP contribution >= 0.6 is 22.9 Å². The molecule has 150 valence electrons. The van der Waals surface area contributed by atoms with Crippen molar-refractivity contribution in [2.45, 2.75) is 12.8 Å². The molecule has 0 atom stereocenters. The molecular formula is C21H20ClFN4OS. The van der Waals surface area contributed by atoms with Gasteiger partial charge in [0.15, 0.2) is 0 Å². The van der Waals surface area contributed by atoms with Crippen LogP contribution in [0.1, 0.15) is 27.3 Å². The molecule has 29 heavy (non-hydrogen) atoms. The number of halogens is 2. The Morgan fingerprint density at radius 3 is 2.69 bits per heavy atom. The normalized spacial score (nSPS) is 14.7. The first kappa shape index (κ1) is 19.8. The number of nitrogens with zero attached hydrogens (tertiary/aromatic N) is 4. The number of hydrogen-bond acceptors (Lipinski definition) is 5. The minimum atomic E-state index is -0.242. The topological polar surface area (TPSA) is 49.3 Å². The molecule has 1 amide bonds. The summed E-state index contributed by atoms with van der Waals surface area (Å²) < 4.78 is 13.1. The number of amides is 1. The van der Waals surface area contributed by atoms with Crippen molar-refractivity contribution in [2.24, 2.45) is 0 Å². The van der Waals surface area contributed by atoms with Crippen molar-refractivity contribution in [3.05, 3.63) is 75.5 Å². The maximum Gasteiger partial charge on any atom is 0.253 e. The van der Waals surface area contributed by atoms with Gasteiger partial charge in [0.05, 0.1) is 0 Å². The fourth-order valence-electron chi connectivity index (χ4n) is 3.34. The van der Waals surface area contributed by atoms with Crippen molar-refractivity contribution in [3.8, 4) is 0 Å². The van der Waals surface area contributed by atoms with Gasteiger partial charge in [-0.1, -0.05) is 41.1 Å². The molecule has 0 aliphatic carbocycles. The standard InChI is InChI=1S/C21H20ClFN4OS/c22-17-4-1-3-16(14-17)20(28)26-9-2-10-27(12-11-26)21-25-24-19(29-21)13-15-5-7-18(23)8-6-15/h1,3-8,14H,2,9-13H2. The minimum Gasteiger partial charge on any atom is -0.345 e. The molecule has 0 N–H and O–H groups in total. The second-order valence-electron chi connectivity index (χ2n) is 6.92. The van der Waals surface area contributed by atoms with Gasteiger partial charge in [0, 0.05) is 43.2 Å². The molecular weight excluding hydrogens is 411 g/mol. The zero-order chi connectivity index (χ0) is 20.2. The summed E-state index contributed by atoms with van der Waals surface area (Å²) in [6.45, 7) is 2.85. The van der Waals surface area contributed by atoms with E-state index in [2.05, 4.69) is 15.1 Å². The van der Waals surface area contributed by atoms with Crippen molar-refractivity contribution in [1.82, 2.24) is 15.1 Å². The SMILES string of the molecule is O=C(c1cccc(Cl)c1)N1CCCN(c2nnc(Cc3ccc(F)cc3)s2)CC1. The highest BCUT2D eigenvalue weighted by Gasteiger charge is 2.22. The molecule has 0 spiro atoms. The van der Waals surface area contributed by atoms with Crippen LogP contribution in [0.2, 0.25) is 5.02 Å². The van der Waals surface area contributed by atoms with E-state index < -0.39 is 0 Å². The third kappa shape index (κ3) is 4.92. The first-order valence-corrected chi connectivity index (χ1v) is 10.6. The van der Waals surface area contributed by atoms with Crippen molar-refractivity contribution < 1.29 is 9.18 Å². The molecule has 3 aromatic rings. The largest absolute Gasteiger partial charge is 0.345 e. The van der Waals surface area contributed by atoms with Gasteiger partial charge in [-0.2, -0.15) is 0 Å². The second kappa shape index (κ2) is 8.88. The maximum absolute atomic E-state index is 13.1. The van der Waals surface area contributed by atoms with Crippen LogP contribution in [0.25, 0.3) is 0 Å². The zero-order valence-electron chi connectivity index (χ0n) is 15.7.